The largest absolute Gasteiger partial charge is 0.455 e. The quantitative estimate of drug-likeness (QED) is 0.683. The highest BCUT2D eigenvalue weighted by Gasteiger charge is 2.33. The van der Waals surface area contributed by atoms with Crippen LogP contribution < -0.4 is 0 Å². The van der Waals surface area contributed by atoms with Gasteiger partial charge in [0.1, 0.15) is 4.90 Å². The summed E-state index contributed by atoms with van der Waals surface area (Å²) in [5, 5.41) is 0. The van der Waals surface area contributed by atoms with Gasteiger partial charge in [-0.2, -0.15) is 4.31 Å². The number of aromatic nitrogens is 1. The van der Waals surface area contributed by atoms with E-state index in [-0.39, 0.29) is 42.5 Å². The first kappa shape index (κ1) is 20.7. The molecule has 1 amide bonds. The predicted molar refractivity (Wildman–Crippen MR) is 102 cm³/mol. The lowest BCUT2D eigenvalue weighted by Crippen LogP contribution is -2.45. The summed E-state index contributed by atoms with van der Waals surface area (Å²) in [5.74, 6) is -0.958. The van der Waals surface area contributed by atoms with Crippen molar-refractivity contribution in [2.75, 3.05) is 26.2 Å². The fourth-order valence-electron chi connectivity index (χ4n) is 3.78. The first-order valence-electron chi connectivity index (χ1n) is 9.76. The Balaban J connectivity index is 1.48. The number of sulfonamides is 1. The molecule has 28 heavy (non-hydrogen) atoms. The van der Waals surface area contributed by atoms with E-state index >= 15 is 0 Å². The molecule has 2 aliphatic rings. The van der Waals surface area contributed by atoms with Crippen LogP contribution in [-0.4, -0.2) is 66.8 Å². The van der Waals surface area contributed by atoms with Gasteiger partial charge in [0.05, 0.1) is 5.92 Å². The summed E-state index contributed by atoms with van der Waals surface area (Å²) in [7, 11) is -3.60. The standard InChI is InChI=1S/C19H27N3O5S/c1-15-5-2-3-10-22(15)18(23)14-27-19(24)16-7-11-21(12-8-16)28(25,26)17-6-4-9-20-13-17/h4,6,9,13,15-16H,2-3,5,7-8,10-12,14H2,1H3. The van der Waals surface area contributed by atoms with E-state index in [0.717, 1.165) is 19.3 Å². The van der Waals surface area contributed by atoms with Crippen LogP contribution in [0.3, 0.4) is 0 Å². The van der Waals surface area contributed by atoms with Crippen LogP contribution in [0.5, 0.6) is 0 Å². The van der Waals surface area contributed by atoms with Gasteiger partial charge in [0.15, 0.2) is 6.61 Å². The van der Waals surface area contributed by atoms with Crippen LogP contribution in [0.15, 0.2) is 29.4 Å². The van der Waals surface area contributed by atoms with Crippen LogP contribution in [0.25, 0.3) is 0 Å². The number of carbonyl (C=O) groups excluding carboxylic acids is 2. The molecule has 1 aromatic rings. The molecule has 0 radical (unpaired) electrons. The Labute approximate surface area is 165 Å². The first-order valence-corrected chi connectivity index (χ1v) is 11.2. The van der Waals surface area contributed by atoms with Gasteiger partial charge in [0.2, 0.25) is 10.0 Å². The van der Waals surface area contributed by atoms with Gasteiger partial charge in [-0.25, -0.2) is 8.42 Å². The van der Waals surface area contributed by atoms with Gasteiger partial charge < -0.3 is 9.64 Å². The Kier molecular flexibility index (Phi) is 6.66. The molecule has 0 saturated carbocycles. The van der Waals surface area contributed by atoms with Crippen LogP contribution in [0, 0.1) is 5.92 Å². The first-order chi connectivity index (χ1) is 13.4. The summed E-state index contributed by atoms with van der Waals surface area (Å²) in [4.78, 5) is 30.4. The van der Waals surface area contributed by atoms with Gasteiger partial charge in [-0.15, -0.1) is 0 Å². The molecule has 0 aliphatic carbocycles. The number of esters is 1. The Morgan fingerprint density at radius 2 is 1.93 bits per heavy atom. The van der Waals surface area contributed by atoms with Crippen LogP contribution in [-0.2, 0) is 24.3 Å². The summed E-state index contributed by atoms with van der Waals surface area (Å²) < 4.78 is 31.8. The molecule has 0 aromatic carbocycles. The van der Waals surface area contributed by atoms with Gasteiger partial charge in [-0.3, -0.25) is 14.6 Å². The molecule has 2 aliphatic heterocycles. The number of carbonyl (C=O) groups is 2. The third-order valence-electron chi connectivity index (χ3n) is 5.52. The summed E-state index contributed by atoms with van der Waals surface area (Å²) in [6.07, 6.45) is 6.68. The van der Waals surface area contributed by atoms with Crippen LogP contribution >= 0.6 is 0 Å². The number of rotatable bonds is 5. The predicted octanol–water partition coefficient (Wildman–Crippen LogP) is 1.43. The lowest BCUT2D eigenvalue weighted by Gasteiger charge is -2.33. The van der Waals surface area contributed by atoms with E-state index in [1.807, 2.05) is 6.92 Å². The fraction of sp³-hybridized carbons (Fsp3) is 0.632. The molecule has 2 fully saturated rings. The Bertz CT molecular complexity index is 791. The molecule has 1 atom stereocenters. The minimum Gasteiger partial charge on any atom is -0.455 e. The number of hydrogen-bond donors (Lipinski definition) is 0. The van der Waals surface area contributed by atoms with Gasteiger partial charge in [0, 0.05) is 38.1 Å². The van der Waals surface area contributed by atoms with Crippen molar-refractivity contribution in [2.45, 2.75) is 50.0 Å². The minimum atomic E-state index is -3.60. The fourth-order valence-corrected chi connectivity index (χ4v) is 5.22. The van der Waals surface area contributed by atoms with E-state index in [9.17, 15) is 18.0 Å². The summed E-state index contributed by atoms with van der Waals surface area (Å²) >= 11 is 0. The maximum Gasteiger partial charge on any atom is 0.309 e. The number of amides is 1. The monoisotopic (exact) mass is 409 g/mol. The third-order valence-corrected chi connectivity index (χ3v) is 7.40. The maximum atomic E-state index is 12.6. The molecule has 1 aromatic heterocycles. The average Bonchev–Trinajstić information content (AvgIpc) is 2.73. The highest BCUT2D eigenvalue weighted by molar-refractivity contribution is 7.89. The molecule has 8 nitrogen and oxygen atoms in total. The molecular formula is C19H27N3O5S. The Hall–Kier alpha value is -2.00. The third kappa shape index (κ3) is 4.70. The smallest absolute Gasteiger partial charge is 0.309 e. The highest BCUT2D eigenvalue weighted by Crippen LogP contribution is 2.24. The normalized spacial score (nSPS) is 22.0. The Morgan fingerprint density at radius 1 is 1.18 bits per heavy atom. The molecule has 3 rings (SSSR count). The summed E-state index contributed by atoms with van der Waals surface area (Å²) in [5.41, 5.74) is 0. The lowest BCUT2D eigenvalue weighted by atomic mass is 9.98. The van der Waals surface area contributed by atoms with Gasteiger partial charge in [-0.1, -0.05) is 0 Å². The second-order valence-electron chi connectivity index (χ2n) is 7.41. The van der Waals surface area contributed by atoms with Gasteiger partial charge >= 0.3 is 5.97 Å². The van der Waals surface area contributed by atoms with Crippen molar-refractivity contribution in [3.05, 3.63) is 24.5 Å². The molecule has 1 unspecified atom stereocenters. The van der Waals surface area contributed by atoms with E-state index in [0.29, 0.717) is 19.4 Å². The zero-order chi connectivity index (χ0) is 20.1. The minimum absolute atomic E-state index is 0.150. The molecule has 2 saturated heterocycles. The molecule has 3 heterocycles. The van der Waals surface area contributed by atoms with Crippen LogP contribution in [0.2, 0.25) is 0 Å². The molecule has 0 bridgehead atoms. The second-order valence-corrected chi connectivity index (χ2v) is 9.34. The second kappa shape index (κ2) is 9.00. The molecule has 0 N–H and O–H groups in total. The zero-order valence-corrected chi connectivity index (χ0v) is 16.9. The number of hydrogen-bond acceptors (Lipinski definition) is 6. The average molecular weight is 410 g/mol. The van der Waals surface area contributed by atoms with Crippen molar-refractivity contribution in [3.63, 3.8) is 0 Å². The summed E-state index contributed by atoms with van der Waals surface area (Å²) in [6.45, 7) is 2.97. The van der Waals surface area contributed by atoms with Crippen molar-refractivity contribution in [1.82, 2.24) is 14.2 Å². The van der Waals surface area contributed by atoms with Crippen molar-refractivity contribution in [1.29, 1.82) is 0 Å². The van der Waals surface area contributed by atoms with E-state index in [1.165, 1.54) is 22.8 Å². The molecular weight excluding hydrogens is 382 g/mol. The maximum absolute atomic E-state index is 12.6. The van der Waals surface area contributed by atoms with E-state index in [1.54, 1.807) is 11.0 Å². The number of likely N-dealkylation sites (tertiary alicyclic amines) is 1. The topological polar surface area (TPSA) is 96.9 Å². The van der Waals surface area contributed by atoms with Crippen molar-refractivity contribution < 1.29 is 22.7 Å². The van der Waals surface area contributed by atoms with E-state index in [2.05, 4.69) is 4.98 Å². The van der Waals surface area contributed by atoms with E-state index in [4.69, 9.17) is 4.74 Å². The zero-order valence-electron chi connectivity index (χ0n) is 16.1. The van der Waals surface area contributed by atoms with Gasteiger partial charge in [0.25, 0.3) is 5.91 Å². The van der Waals surface area contributed by atoms with Crippen molar-refractivity contribution in [2.24, 2.45) is 5.92 Å². The number of ether oxygens (including phenoxy) is 1. The number of pyridine rings is 1. The molecule has 9 heteroatoms. The van der Waals surface area contributed by atoms with Crippen LogP contribution in [0.4, 0.5) is 0 Å². The van der Waals surface area contributed by atoms with Crippen molar-refractivity contribution >= 4 is 21.9 Å². The van der Waals surface area contributed by atoms with Crippen molar-refractivity contribution in [3.8, 4) is 0 Å². The molecule has 0 spiro atoms. The SMILES string of the molecule is CC1CCCCN1C(=O)COC(=O)C1CCN(S(=O)(=O)c2cccnc2)CC1. The summed E-state index contributed by atoms with van der Waals surface area (Å²) in [6, 6.07) is 3.27. The number of piperidine rings is 2. The number of nitrogens with zero attached hydrogens (tertiary/aromatic N) is 3. The highest BCUT2D eigenvalue weighted by atomic mass is 32.2. The van der Waals surface area contributed by atoms with E-state index < -0.39 is 16.0 Å². The Morgan fingerprint density at radius 3 is 2.57 bits per heavy atom. The van der Waals surface area contributed by atoms with Gasteiger partial charge in [-0.05, 0) is 51.2 Å². The molecule has 154 valence electrons. The van der Waals surface area contributed by atoms with Crippen LogP contribution in [0.1, 0.15) is 39.0 Å². The lowest BCUT2D eigenvalue weighted by molar-refractivity contribution is -0.157.